The van der Waals surface area contributed by atoms with E-state index in [0.29, 0.717) is 17.9 Å². The van der Waals surface area contributed by atoms with E-state index < -0.39 is 0 Å². The van der Waals surface area contributed by atoms with Crippen LogP contribution in [-0.4, -0.2) is 17.2 Å². The molecular formula is C13H16FNO. The van der Waals surface area contributed by atoms with Gasteiger partial charge in [0.15, 0.2) is 5.82 Å². The second-order valence-corrected chi connectivity index (χ2v) is 4.63. The van der Waals surface area contributed by atoms with E-state index in [4.69, 9.17) is 4.74 Å². The normalized spacial score (nSPS) is 19.4. The van der Waals surface area contributed by atoms with Crippen LogP contribution in [0.25, 0.3) is 5.57 Å². The number of rotatable bonds is 1. The maximum absolute atomic E-state index is 13.9. The highest BCUT2D eigenvalue weighted by Crippen LogP contribution is 2.30. The van der Waals surface area contributed by atoms with Crippen molar-refractivity contribution < 1.29 is 9.13 Å². The fourth-order valence-electron chi connectivity index (χ4n) is 1.97. The lowest BCUT2D eigenvalue weighted by Crippen LogP contribution is -2.26. The van der Waals surface area contributed by atoms with Gasteiger partial charge >= 0.3 is 0 Å². The first-order chi connectivity index (χ1) is 7.49. The van der Waals surface area contributed by atoms with Gasteiger partial charge in [-0.25, -0.2) is 4.39 Å². The Morgan fingerprint density at radius 1 is 1.44 bits per heavy atom. The molecule has 1 aliphatic rings. The fraction of sp³-hybridized carbons (Fsp3) is 0.462. The summed E-state index contributed by atoms with van der Waals surface area (Å²) in [6, 6.07) is 1.73. The van der Waals surface area contributed by atoms with Crippen LogP contribution >= 0.6 is 0 Å². The number of halogens is 1. The highest BCUT2D eigenvalue weighted by Gasteiger charge is 2.23. The van der Waals surface area contributed by atoms with Gasteiger partial charge in [0.1, 0.15) is 0 Å². The van der Waals surface area contributed by atoms with E-state index in [2.05, 4.69) is 4.98 Å². The van der Waals surface area contributed by atoms with Gasteiger partial charge < -0.3 is 4.74 Å². The van der Waals surface area contributed by atoms with E-state index in [0.717, 1.165) is 12.0 Å². The molecule has 0 fully saturated rings. The number of aromatic nitrogens is 1. The lowest BCUT2D eigenvalue weighted by atomic mass is 9.94. The van der Waals surface area contributed by atoms with E-state index in [1.54, 1.807) is 19.2 Å². The Labute approximate surface area is 95.2 Å². The van der Waals surface area contributed by atoms with E-state index >= 15 is 0 Å². The molecule has 1 aromatic rings. The molecule has 2 heterocycles. The Hall–Kier alpha value is -1.22. The SMILES string of the molecule is Cc1nccc(C2=CC(C)(C)OCC2)c1F. The second-order valence-electron chi connectivity index (χ2n) is 4.63. The number of hydrogen-bond donors (Lipinski definition) is 0. The summed E-state index contributed by atoms with van der Waals surface area (Å²) in [5.74, 6) is -0.216. The van der Waals surface area contributed by atoms with Crippen molar-refractivity contribution in [2.24, 2.45) is 0 Å². The first-order valence-corrected chi connectivity index (χ1v) is 5.47. The quantitative estimate of drug-likeness (QED) is 0.727. The molecule has 0 spiro atoms. The molecule has 0 amide bonds. The minimum Gasteiger partial charge on any atom is -0.371 e. The summed E-state index contributed by atoms with van der Waals surface area (Å²) in [7, 11) is 0. The zero-order chi connectivity index (χ0) is 11.8. The molecule has 0 aliphatic carbocycles. The van der Waals surface area contributed by atoms with Gasteiger partial charge in [-0.2, -0.15) is 0 Å². The van der Waals surface area contributed by atoms with Crippen molar-refractivity contribution >= 4 is 5.57 Å². The van der Waals surface area contributed by atoms with Crippen molar-refractivity contribution in [2.75, 3.05) is 6.61 Å². The molecule has 2 nitrogen and oxygen atoms in total. The van der Waals surface area contributed by atoms with Gasteiger partial charge in [0.2, 0.25) is 0 Å². The summed E-state index contributed by atoms with van der Waals surface area (Å²) < 4.78 is 19.5. The Balaban J connectivity index is 2.45. The smallest absolute Gasteiger partial charge is 0.151 e. The molecule has 3 heteroatoms. The first-order valence-electron chi connectivity index (χ1n) is 5.47. The lowest BCUT2D eigenvalue weighted by Gasteiger charge is -2.28. The number of pyridine rings is 1. The molecule has 0 bridgehead atoms. The lowest BCUT2D eigenvalue weighted by molar-refractivity contribution is 0.0164. The van der Waals surface area contributed by atoms with Gasteiger partial charge in [-0.15, -0.1) is 0 Å². The minimum absolute atomic E-state index is 0.216. The van der Waals surface area contributed by atoms with Crippen molar-refractivity contribution in [3.63, 3.8) is 0 Å². The standard InChI is InChI=1S/C13H16FNO/c1-9-12(14)11(4-6-15-9)10-5-7-16-13(2,3)8-10/h4,6,8H,5,7H2,1-3H3. The van der Waals surface area contributed by atoms with Crippen LogP contribution < -0.4 is 0 Å². The van der Waals surface area contributed by atoms with Crippen molar-refractivity contribution in [3.05, 3.63) is 35.4 Å². The molecule has 0 atom stereocenters. The summed E-state index contributed by atoms with van der Waals surface area (Å²) in [6.07, 6.45) is 4.40. The predicted molar refractivity (Wildman–Crippen MR) is 61.6 cm³/mol. The molecule has 1 aliphatic heterocycles. The molecule has 2 rings (SSSR count). The molecule has 16 heavy (non-hydrogen) atoms. The van der Waals surface area contributed by atoms with Crippen LogP contribution in [0.2, 0.25) is 0 Å². The van der Waals surface area contributed by atoms with E-state index in [1.165, 1.54) is 0 Å². The van der Waals surface area contributed by atoms with Crippen LogP contribution in [0.15, 0.2) is 18.3 Å². The third-order valence-corrected chi connectivity index (χ3v) is 2.78. The van der Waals surface area contributed by atoms with Gasteiger partial charge in [0.05, 0.1) is 17.9 Å². The third kappa shape index (κ3) is 2.14. The van der Waals surface area contributed by atoms with Crippen molar-refractivity contribution in [3.8, 4) is 0 Å². The molecule has 1 aromatic heterocycles. The molecule has 86 valence electrons. The minimum atomic E-state index is -0.308. The Bertz CT molecular complexity index is 438. The molecule has 0 radical (unpaired) electrons. The molecule has 0 unspecified atom stereocenters. The maximum atomic E-state index is 13.9. The summed E-state index contributed by atoms with van der Waals surface area (Å²) >= 11 is 0. The summed E-state index contributed by atoms with van der Waals surface area (Å²) in [6.45, 7) is 6.29. The van der Waals surface area contributed by atoms with Crippen LogP contribution in [0, 0.1) is 12.7 Å². The van der Waals surface area contributed by atoms with Crippen LogP contribution in [0.4, 0.5) is 4.39 Å². The highest BCUT2D eigenvalue weighted by atomic mass is 19.1. The van der Waals surface area contributed by atoms with Gasteiger partial charge in [-0.05, 0) is 44.9 Å². The van der Waals surface area contributed by atoms with Gasteiger partial charge in [-0.3, -0.25) is 4.98 Å². The van der Waals surface area contributed by atoms with Crippen LogP contribution in [-0.2, 0) is 4.74 Å². The van der Waals surface area contributed by atoms with E-state index in [9.17, 15) is 4.39 Å². The number of aryl methyl sites for hydroxylation is 1. The molecule has 0 aromatic carbocycles. The average Bonchev–Trinajstić information content (AvgIpc) is 2.20. The molecular weight excluding hydrogens is 205 g/mol. The van der Waals surface area contributed by atoms with Crippen molar-refractivity contribution in [2.45, 2.75) is 32.8 Å². The van der Waals surface area contributed by atoms with Crippen LogP contribution in [0.1, 0.15) is 31.5 Å². The third-order valence-electron chi connectivity index (χ3n) is 2.78. The first kappa shape index (κ1) is 11.3. The monoisotopic (exact) mass is 221 g/mol. The Kier molecular flexibility index (Phi) is 2.80. The van der Waals surface area contributed by atoms with E-state index in [1.807, 2.05) is 19.9 Å². The summed E-state index contributed by atoms with van der Waals surface area (Å²) in [4.78, 5) is 3.94. The zero-order valence-electron chi connectivity index (χ0n) is 9.88. The van der Waals surface area contributed by atoms with Gasteiger partial charge in [0.25, 0.3) is 0 Å². The number of nitrogens with zero attached hydrogens (tertiary/aromatic N) is 1. The topological polar surface area (TPSA) is 22.1 Å². The highest BCUT2D eigenvalue weighted by molar-refractivity contribution is 5.67. The number of ether oxygens (including phenoxy) is 1. The van der Waals surface area contributed by atoms with Crippen LogP contribution in [0.5, 0.6) is 0 Å². The Morgan fingerprint density at radius 2 is 2.19 bits per heavy atom. The van der Waals surface area contributed by atoms with Crippen molar-refractivity contribution in [1.29, 1.82) is 0 Å². The average molecular weight is 221 g/mol. The van der Waals surface area contributed by atoms with Crippen LogP contribution in [0.3, 0.4) is 0 Å². The summed E-state index contributed by atoms with van der Waals surface area (Å²) in [5, 5.41) is 0. The summed E-state index contributed by atoms with van der Waals surface area (Å²) in [5.41, 5.74) is 1.81. The zero-order valence-corrected chi connectivity index (χ0v) is 9.88. The fourth-order valence-corrected chi connectivity index (χ4v) is 1.97. The van der Waals surface area contributed by atoms with Gasteiger partial charge in [0, 0.05) is 11.8 Å². The second kappa shape index (κ2) is 3.98. The Morgan fingerprint density at radius 3 is 2.88 bits per heavy atom. The maximum Gasteiger partial charge on any atom is 0.151 e. The molecule has 0 saturated carbocycles. The number of hydrogen-bond acceptors (Lipinski definition) is 2. The molecule has 0 N–H and O–H groups in total. The van der Waals surface area contributed by atoms with Crippen molar-refractivity contribution in [1.82, 2.24) is 4.98 Å². The molecule has 0 saturated heterocycles. The van der Waals surface area contributed by atoms with E-state index in [-0.39, 0.29) is 11.4 Å². The largest absolute Gasteiger partial charge is 0.371 e. The predicted octanol–water partition coefficient (Wildman–Crippen LogP) is 3.11. The van der Waals surface area contributed by atoms with Gasteiger partial charge in [-0.1, -0.05) is 0 Å².